The average molecular weight is 298 g/mol. The highest BCUT2D eigenvalue weighted by Gasteiger charge is 2.22. The maximum Gasteiger partial charge on any atom is 0.182 e. The van der Waals surface area contributed by atoms with Crippen LogP contribution < -0.4 is 5.32 Å². The van der Waals surface area contributed by atoms with Gasteiger partial charge in [0.1, 0.15) is 11.6 Å². The van der Waals surface area contributed by atoms with Crippen LogP contribution in [0.5, 0.6) is 0 Å². The van der Waals surface area contributed by atoms with Crippen LogP contribution in [0.3, 0.4) is 0 Å². The van der Waals surface area contributed by atoms with E-state index in [-0.39, 0.29) is 11.9 Å². The number of hydrogen-bond acceptors (Lipinski definition) is 6. The molecule has 114 valence electrons. The number of carbonyl (C=O) groups is 1. The lowest BCUT2D eigenvalue weighted by Gasteiger charge is -2.29. The van der Waals surface area contributed by atoms with Crippen LogP contribution >= 0.6 is 0 Å². The number of ketones is 1. The quantitative estimate of drug-likeness (QED) is 0.867. The number of benzene rings is 1. The Kier molecular flexibility index (Phi) is 3.28. The number of likely N-dealkylation sites (tertiary alicyclic amines) is 1. The predicted octanol–water partition coefficient (Wildman–Crippen LogP) is 1.19. The van der Waals surface area contributed by atoms with Crippen LogP contribution in [0.1, 0.15) is 29.0 Å². The number of aromatic nitrogens is 2. The minimum atomic E-state index is -0.176. The first-order valence-electron chi connectivity index (χ1n) is 7.68. The fourth-order valence-corrected chi connectivity index (χ4v) is 3.20. The Balaban J connectivity index is 1.68. The van der Waals surface area contributed by atoms with Crippen LogP contribution in [-0.2, 0) is 6.54 Å². The molecule has 1 fully saturated rings. The summed E-state index contributed by atoms with van der Waals surface area (Å²) in [6.07, 6.45) is 1.43. The standard InChI is InChI=1S/C16H18N4O2/c21-10-4-6-20(7-5-10)9-14-18-12-3-1-2-11-13(22)8-17-16(19-14)15(11)12/h1-3,10,21H,4-9H2,(H,17,18,19). The molecule has 0 aliphatic carbocycles. The van der Waals surface area contributed by atoms with Crippen molar-refractivity contribution in [2.24, 2.45) is 0 Å². The largest absolute Gasteiger partial charge is 0.393 e. The monoisotopic (exact) mass is 298 g/mol. The molecule has 0 spiro atoms. The zero-order valence-electron chi connectivity index (χ0n) is 12.2. The van der Waals surface area contributed by atoms with E-state index in [1.165, 1.54) is 0 Å². The van der Waals surface area contributed by atoms with Gasteiger partial charge in [0.25, 0.3) is 0 Å². The predicted molar refractivity (Wildman–Crippen MR) is 82.9 cm³/mol. The normalized spacial score (nSPS) is 19.4. The summed E-state index contributed by atoms with van der Waals surface area (Å²) in [5, 5.41) is 13.5. The second-order valence-electron chi connectivity index (χ2n) is 5.97. The van der Waals surface area contributed by atoms with Crippen molar-refractivity contribution in [1.82, 2.24) is 14.9 Å². The lowest BCUT2D eigenvalue weighted by Crippen LogP contribution is -2.35. The molecule has 22 heavy (non-hydrogen) atoms. The van der Waals surface area contributed by atoms with Crippen molar-refractivity contribution in [3.8, 4) is 0 Å². The Morgan fingerprint density at radius 2 is 2.09 bits per heavy atom. The van der Waals surface area contributed by atoms with Gasteiger partial charge in [0.05, 0.1) is 30.1 Å². The second-order valence-corrected chi connectivity index (χ2v) is 5.97. The van der Waals surface area contributed by atoms with Crippen LogP contribution in [-0.4, -0.2) is 51.5 Å². The molecule has 4 rings (SSSR count). The summed E-state index contributed by atoms with van der Waals surface area (Å²) in [5.41, 5.74) is 1.52. The zero-order chi connectivity index (χ0) is 15.1. The van der Waals surface area contributed by atoms with E-state index in [0.717, 1.165) is 48.5 Å². The average Bonchev–Trinajstić information content (AvgIpc) is 2.53. The van der Waals surface area contributed by atoms with Crippen molar-refractivity contribution in [1.29, 1.82) is 0 Å². The van der Waals surface area contributed by atoms with Gasteiger partial charge in [-0.3, -0.25) is 9.69 Å². The van der Waals surface area contributed by atoms with E-state index in [9.17, 15) is 9.90 Å². The first-order chi connectivity index (χ1) is 10.7. The van der Waals surface area contributed by atoms with Crippen molar-refractivity contribution in [3.05, 3.63) is 29.6 Å². The van der Waals surface area contributed by atoms with Gasteiger partial charge in [-0.05, 0) is 18.9 Å². The van der Waals surface area contributed by atoms with Gasteiger partial charge in [-0.1, -0.05) is 12.1 Å². The third kappa shape index (κ3) is 2.34. The first-order valence-corrected chi connectivity index (χ1v) is 7.68. The SMILES string of the molecule is O=C1CNc2nc(CN3CCC(O)CC3)nc3cccc1c23. The summed E-state index contributed by atoms with van der Waals surface area (Å²) in [6.45, 7) is 2.70. The van der Waals surface area contributed by atoms with Gasteiger partial charge in [0.2, 0.25) is 0 Å². The van der Waals surface area contributed by atoms with Gasteiger partial charge in [0, 0.05) is 18.7 Å². The Hall–Kier alpha value is -2.05. The van der Waals surface area contributed by atoms with E-state index in [4.69, 9.17) is 0 Å². The van der Waals surface area contributed by atoms with Gasteiger partial charge < -0.3 is 10.4 Å². The third-order valence-corrected chi connectivity index (χ3v) is 4.41. The lowest BCUT2D eigenvalue weighted by atomic mass is 10.0. The fraction of sp³-hybridized carbons (Fsp3) is 0.438. The molecule has 0 radical (unpaired) electrons. The molecule has 0 atom stereocenters. The first kappa shape index (κ1) is 13.6. The smallest absolute Gasteiger partial charge is 0.182 e. The highest BCUT2D eigenvalue weighted by atomic mass is 16.3. The molecule has 6 heteroatoms. The third-order valence-electron chi connectivity index (χ3n) is 4.41. The Bertz CT molecular complexity index is 738. The Morgan fingerprint density at radius 3 is 2.91 bits per heavy atom. The van der Waals surface area contributed by atoms with Crippen molar-refractivity contribution < 1.29 is 9.90 Å². The van der Waals surface area contributed by atoms with Crippen LogP contribution in [0, 0.1) is 0 Å². The van der Waals surface area contributed by atoms with Gasteiger partial charge in [0.15, 0.2) is 5.78 Å². The van der Waals surface area contributed by atoms with Crippen molar-refractivity contribution >= 4 is 22.5 Å². The maximum absolute atomic E-state index is 12.0. The summed E-state index contributed by atoms with van der Waals surface area (Å²) in [5.74, 6) is 1.60. The van der Waals surface area contributed by atoms with Crippen molar-refractivity contribution in [2.75, 3.05) is 25.0 Å². The molecule has 0 unspecified atom stereocenters. The summed E-state index contributed by atoms with van der Waals surface area (Å²) in [7, 11) is 0. The van der Waals surface area contributed by atoms with Crippen LogP contribution in [0.15, 0.2) is 18.2 Å². The molecular formula is C16H18N4O2. The van der Waals surface area contributed by atoms with Gasteiger partial charge in [-0.25, -0.2) is 9.97 Å². The Morgan fingerprint density at radius 1 is 1.27 bits per heavy atom. The van der Waals surface area contributed by atoms with E-state index in [1.807, 2.05) is 18.2 Å². The highest BCUT2D eigenvalue weighted by Crippen LogP contribution is 2.28. The number of nitrogens with zero attached hydrogens (tertiary/aromatic N) is 3. The molecule has 2 N–H and O–H groups in total. The number of anilines is 1. The van der Waals surface area contributed by atoms with Crippen LogP contribution in [0.4, 0.5) is 5.82 Å². The number of aliphatic hydroxyl groups is 1. The van der Waals surface area contributed by atoms with Crippen LogP contribution in [0.25, 0.3) is 10.9 Å². The number of nitrogens with one attached hydrogen (secondary N) is 1. The number of hydrogen-bond donors (Lipinski definition) is 2. The van der Waals surface area contributed by atoms with Crippen LogP contribution in [0.2, 0.25) is 0 Å². The minimum Gasteiger partial charge on any atom is -0.393 e. The minimum absolute atomic E-state index is 0.0828. The fourth-order valence-electron chi connectivity index (χ4n) is 3.20. The molecule has 1 aromatic heterocycles. The molecule has 2 aliphatic heterocycles. The number of Topliss-reactive ketones (excluding diaryl/α,β-unsaturated/α-hetero) is 1. The Labute approximate surface area is 128 Å². The summed E-state index contributed by atoms with van der Waals surface area (Å²) >= 11 is 0. The lowest BCUT2D eigenvalue weighted by molar-refractivity contribution is 0.0781. The molecule has 6 nitrogen and oxygen atoms in total. The van der Waals surface area contributed by atoms with E-state index < -0.39 is 0 Å². The highest BCUT2D eigenvalue weighted by molar-refractivity contribution is 6.15. The molecule has 0 saturated carbocycles. The second kappa shape index (κ2) is 5.30. The maximum atomic E-state index is 12.0. The summed E-state index contributed by atoms with van der Waals surface area (Å²) in [4.78, 5) is 23.4. The molecule has 2 aliphatic rings. The molecule has 1 aromatic carbocycles. The molecule has 3 heterocycles. The van der Waals surface area contributed by atoms with Gasteiger partial charge in [-0.15, -0.1) is 0 Å². The number of piperidine rings is 1. The van der Waals surface area contributed by atoms with Crippen molar-refractivity contribution in [3.63, 3.8) is 0 Å². The molecule has 1 saturated heterocycles. The molecule has 0 bridgehead atoms. The van der Waals surface area contributed by atoms with E-state index in [2.05, 4.69) is 20.2 Å². The molecule has 0 amide bonds. The van der Waals surface area contributed by atoms with E-state index in [1.54, 1.807) is 0 Å². The number of rotatable bonds is 2. The van der Waals surface area contributed by atoms with Crippen molar-refractivity contribution in [2.45, 2.75) is 25.5 Å². The van der Waals surface area contributed by atoms with Gasteiger partial charge >= 0.3 is 0 Å². The summed E-state index contributed by atoms with van der Waals surface area (Å²) < 4.78 is 0. The topological polar surface area (TPSA) is 78.4 Å². The van der Waals surface area contributed by atoms with E-state index >= 15 is 0 Å². The van der Waals surface area contributed by atoms with E-state index in [0.29, 0.717) is 18.7 Å². The summed E-state index contributed by atoms with van der Waals surface area (Å²) in [6, 6.07) is 5.64. The number of aliphatic hydroxyl groups excluding tert-OH is 1. The molecular weight excluding hydrogens is 280 g/mol. The number of carbonyl (C=O) groups excluding carboxylic acids is 1. The molecule has 2 aromatic rings. The zero-order valence-corrected chi connectivity index (χ0v) is 12.2. The van der Waals surface area contributed by atoms with Gasteiger partial charge in [-0.2, -0.15) is 0 Å².